The SMILES string of the molecule is Cc1cc(C(=O)Nc2nc3cccc(Cl)c3n2[C@@H]2CCCCN(C(=O)C=CCN(C)C)C2)cc(P(C)(C)=O)n1. The number of carbonyl (C=O) groups excluding carboxylic acids is 2. The van der Waals surface area contributed by atoms with Crippen LogP contribution in [0.2, 0.25) is 5.02 Å². The summed E-state index contributed by atoms with van der Waals surface area (Å²) in [4.78, 5) is 39.5. The fraction of sp³-hybridized carbons (Fsp3) is 0.429. The molecule has 0 bridgehead atoms. The first-order chi connectivity index (χ1) is 18.4. The molecule has 2 aromatic heterocycles. The van der Waals surface area contributed by atoms with Crippen LogP contribution in [0.15, 0.2) is 42.5 Å². The third-order valence-corrected chi connectivity index (χ3v) is 8.33. The zero-order valence-corrected chi connectivity index (χ0v) is 24.8. The quantitative estimate of drug-likeness (QED) is 0.330. The fourth-order valence-corrected chi connectivity index (χ4v) is 5.89. The van der Waals surface area contributed by atoms with Gasteiger partial charge in [-0.3, -0.25) is 19.9 Å². The molecule has 208 valence electrons. The Kier molecular flexibility index (Phi) is 8.94. The van der Waals surface area contributed by atoms with E-state index in [0.29, 0.717) is 52.8 Å². The van der Waals surface area contributed by atoms with E-state index < -0.39 is 7.14 Å². The number of likely N-dealkylation sites (N-methyl/N-ethyl adjacent to an activating group) is 1. The van der Waals surface area contributed by atoms with Gasteiger partial charge in [-0.2, -0.15) is 0 Å². The smallest absolute Gasteiger partial charge is 0.258 e. The van der Waals surface area contributed by atoms with Crippen LogP contribution in [0, 0.1) is 6.92 Å². The summed E-state index contributed by atoms with van der Waals surface area (Å²) in [5.41, 5.74) is 2.75. The maximum absolute atomic E-state index is 13.5. The van der Waals surface area contributed by atoms with E-state index in [0.717, 1.165) is 24.8 Å². The van der Waals surface area contributed by atoms with Crippen LogP contribution in [0.3, 0.4) is 0 Å². The molecular formula is C28H36ClN6O3P. The zero-order chi connectivity index (χ0) is 28.3. The van der Waals surface area contributed by atoms with Gasteiger partial charge in [-0.25, -0.2) is 4.98 Å². The standard InChI is InChI=1S/C28H36ClN6O3P/c1-19-16-20(17-24(30-19)39(4,5)38)27(37)32-28-31-23-12-8-11-22(29)26(23)35(28)21-10-6-7-15-34(18-21)25(36)13-9-14-33(2)3/h8-9,11-13,16-17,21H,6-7,10,14-15,18H2,1-5H3,(H,31,32,37)/t21-/m1/s1. The number of aromatic nitrogens is 3. The number of hydrogen-bond acceptors (Lipinski definition) is 6. The van der Waals surface area contributed by atoms with Gasteiger partial charge in [0.1, 0.15) is 12.6 Å². The van der Waals surface area contributed by atoms with E-state index in [-0.39, 0.29) is 17.9 Å². The summed E-state index contributed by atoms with van der Waals surface area (Å²) in [6.07, 6.45) is 6.11. The van der Waals surface area contributed by atoms with Gasteiger partial charge in [0.25, 0.3) is 5.91 Å². The van der Waals surface area contributed by atoms with Gasteiger partial charge in [-0.15, -0.1) is 0 Å². The van der Waals surface area contributed by atoms with Gasteiger partial charge in [0.05, 0.1) is 22.1 Å². The Bertz CT molecular complexity index is 1460. The molecule has 9 nitrogen and oxygen atoms in total. The number of rotatable bonds is 7. The Morgan fingerprint density at radius 3 is 2.69 bits per heavy atom. The van der Waals surface area contributed by atoms with Crippen LogP contribution >= 0.6 is 18.7 Å². The number of hydrogen-bond donors (Lipinski definition) is 1. The Balaban J connectivity index is 1.70. The lowest BCUT2D eigenvalue weighted by Gasteiger charge is -2.26. The van der Waals surface area contributed by atoms with E-state index in [1.807, 2.05) is 46.7 Å². The van der Waals surface area contributed by atoms with Crippen LogP contribution < -0.4 is 10.8 Å². The second-order valence-electron chi connectivity index (χ2n) is 10.7. The average molecular weight is 571 g/mol. The molecule has 0 aliphatic carbocycles. The van der Waals surface area contributed by atoms with Crippen LogP contribution in [-0.2, 0) is 9.36 Å². The highest BCUT2D eigenvalue weighted by molar-refractivity contribution is 7.69. The van der Waals surface area contributed by atoms with Crippen LogP contribution in [0.25, 0.3) is 11.0 Å². The number of amides is 2. The van der Waals surface area contributed by atoms with Gasteiger partial charge in [0.2, 0.25) is 11.9 Å². The molecule has 4 rings (SSSR count). The van der Waals surface area contributed by atoms with Crippen molar-refractivity contribution >= 4 is 53.0 Å². The number of aryl methyl sites for hydroxylation is 1. The van der Waals surface area contributed by atoms with E-state index in [1.54, 1.807) is 44.5 Å². The predicted molar refractivity (Wildman–Crippen MR) is 158 cm³/mol. The van der Waals surface area contributed by atoms with Gasteiger partial charge in [0.15, 0.2) is 0 Å². The molecule has 0 saturated carbocycles. The third kappa shape index (κ3) is 6.96. The van der Waals surface area contributed by atoms with Crippen LogP contribution in [0.1, 0.15) is 41.4 Å². The monoisotopic (exact) mass is 570 g/mol. The summed E-state index contributed by atoms with van der Waals surface area (Å²) in [5.74, 6) is -0.0537. The summed E-state index contributed by atoms with van der Waals surface area (Å²) >= 11 is 6.67. The molecule has 0 unspecified atom stereocenters. The molecule has 1 N–H and O–H groups in total. The maximum Gasteiger partial charge on any atom is 0.258 e. The summed E-state index contributed by atoms with van der Waals surface area (Å²) < 4.78 is 14.6. The fourth-order valence-electron chi connectivity index (χ4n) is 4.78. The first-order valence-corrected chi connectivity index (χ1v) is 16.0. The van der Waals surface area contributed by atoms with E-state index >= 15 is 0 Å². The molecule has 11 heteroatoms. The molecule has 1 fully saturated rings. The van der Waals surface area contributed by atoms with Gasteiger partial charge >= 0.3 is 0 Å². The third-order valence-electron chi connectivity index (χ3n) is 6.69. The number of fused-ring (bicyclic) bond motifs is 1. The van der Waals surface area contributed by atoms with Gasteiger partial charge in [-0.05, 0) is 77.9 Å². The molecule has 1 atom stereocenters. The van der Waals surface area contributed by atoms with Gasteiger partial charge < -0.3 is 18.9 Å². The maximum atomic E-state index is 13.5. The lowest BCUT2D eigenvalue weighted by molar-refractivity contribution is -0.126. The molecule has 1 aliphatic rings. The van der Waals surface area contributed by atoms with Gasteiger partial charge in [-0.1, -0.05) is 23.7 Å². The number of anilines is 1. The molecule has 1 aromatic carbocycles. The number of likely N-dealkylation sites (tertiary alicyclic amines) is 1. The van der Waals surface area contributed by atoms with Crippen molar-refractivity contribution < 1.29 is 14.2 Å². The Hall–Kier alpha value is -3.00. The van der Waals surface area contributed by atoms with Crippen molar-refractivity contribution in [2.24, 2.45) is 0 Å². The normalized spacial score (nSPS) is 16.7. The minimum absolute atomic E-state index is 0.0341. The topological polar surface area (TPSA) is 100 Å². The molecule has 1 saturated heterocycles. The summed E-state index contributed by atoms with van der Waals surface area (Å²) in [5, 5.41) is 3.49. The molecular weight excluding hydrogens is 535 g/mol. The first kappa shape index (κ1) is 29.0. The molecule has 0 spiro atoms. The molecule has 3 heterocycles. The summed E-state index contributed by atoms with van der Waals surface area (Å²) in [6, 6.07) is 8.59. The Morgan fingerprint density at radius 1 is 1.21 bits per heavy atom. The Labute approximate surface area is 234 Å². The minimum Gasteiger partial charge on any atom is -0.337 e. The summed E-state index contributed by atoms with van der Waals surface area (Å²) in [6.45, 7) is 6.85. The van der Waals surface area contributed by atoms with E-state index in [9.17, 15) is 14.2 Å². The number of carbonyl (C=O) groups is 2. The van der Waals surface area contributed by atoms with Crippen LogP contribution in [0.5, 0.6) is 0 Å². The van der Waals surface area contributed by atoms with Crippen molar-refractivity contribution in [3.63, 3.8) is 0 Å². The second-order valence-corrected chi connectivity index (χ2v) is 14.2. The number of pyridine rings is 1. The lowest BCUT2D eigenvalue weighted by atomic mass is 10.1. The van der Waals surface area contributed by atoms with Crippen LogP contribution in [-0.4, -0.2) is 83.2 Å². The van der Waals surface area contributed by atoms with E-state index in [4.69, 9.17) is 16.6 Å². The number of para-hydroxylation sites is 1. The Morgan fingerprint density at radius 2 is 1.97 bits per heavy atom. The highest BCUT2D eigenvalue weighted by Gasteiger charge is 2.28. The van der Waals surface area contributed by atoms with Gasteiger partial charge in [0, 0.05) is 37.0 Å². The molecule has 0 radical (unpaired) electrons. The number of nitrogens with zero attached hydrogens (tertiary/aromatic N) is 5. The summed E-state index contributed by atoms with van der Waals surface area (Å²) in [7, 11) is 1.25. The van der Waals surface area contributed by atoms with Crippen molar-refractivity contribution in [1.29, 1.82) is 0 Å². The molecule has 2 amide bonds. The lowest BCUT2D eigenvalue weighted by Crippen LogP contribution is -2.35. The van der Waals surface area contributed by atoms with Crippen molar-refractivity contribution in [2.75, 3.05) is 52.4 Å². The number of imidazole rings is 1. The van der Waals surface area contributed by atoms with Crippen LogP contribution in [0.4, 0.5) is 5.95 Å². The van der Waals surface area contributed by atoms with Crippen molar-refractivity contribution in [2.45, 2.75) is 32.2 Å². The second kappa shape index (κ2) is 12.0. The largest absolute Gasteiger partial charge is 0.337 e. The molecule has 3 aromatic rings. The van der Waals surface area contributed by atoms with Crippen molar-refractivity contribution in [1.82, 2.24) is 24.3 Å². The highest BCUT2D eigenvalue weighted by atomic mass is 35.5. The number of nitrogens with one attached hydrogen (secondary N) is 1. The van der Waals surface area contributed by atoms with Crippen molar-refractivity contribution in [3.05, 3.63) is 58.8 Å². The van der Waals surface area contributed by atoms with E-state index in [2.05, 4.69) is 10.3 Å². The molecule has 1 aliphatic heterocycles. The average Bonchev–Trinajstić information content (AvgIpc) is 3.04. The molecule has 39 heavy (non-hydrogen) atoms. The predicted octanol–water partition coefficient (Wildman–Crippen LogP) is 4.56. The first-order valence-electron chi connectivity index (χ1n) is 13.1. The minimum atomic E-state index is -2.67. The van der Waals surface area contributed by atoms with E-state index in [1.165, 1.54) is 0 Å². The highest BCUT2D eigenvalue weighted by Crippen LogP contribution is 2.35. The zero-order valence-electron chi connectivity index (χ0n) is 23.1. The number of benzene rings is 1. The van der Waals surface area contributed by atoms with Crippen molar-refractivity contribution in [3.8, 4) is 0 Å². The number of halogens is 1.